The van der Waals surface area contributed by atoms with Gasteiger partial charge in [0.15, 0.2) is 5.96 Å². The maximum Gasteiger partial charge on any atom is 0.188 e. The van der Waals surface area contributed by atoms with E-state index in [2.05, 4.69) is 17.0 Å². The van der Waals surface area contributed by atoms with Crippen molar-refractivity contribution in [2.24, 2.45) is 11.7 Å². The molecule has 3 rings (SSSR count). The van der Waals surface area contributed by atoms with Crippen LogP contribution < -0.4 is 5.73 Å². The SMILES string of the molecule is N=C(N)N1CCN(CCCC2CCCC(O)(c3ccccc3)C2)CC1. The number of benzene rings is 1. The molecule has 1 aliphatic carbocycles. The Morgan fingerprint density at radius 2 is 1.92 bits per heavy atom. The van der Waals surface area contributed by atoms with Crippen LogP contribution in [-0.4, -0.2) is 53.6 Å². The average Bonchev–Trinajstić information content (AvgIpc) is 2.63. The highest BCUT2D eigenvalue weighted by atomic mass is 16.3. The minimum absolute atomic E-state index is 0.196. The maximum atomic E-state index is 11.1. The summed E-state index contributed by atoms with van der Waals surface area (Å²) < 4.78 is 0. The van der Waals surface area contributed by atoms with Crippen molar-refractivity contribution in [1.82, 2.24) is 9.80 Å². The van der Waals surface area contributed by atoms with Crippen molar-refractivity contribution in [3.8, 4) is 0 Å². The first-order chi connectivity index (χ1) is 12.1. The number of guanidine groups is 1. The van der Waals surface area contributed by atoms with Crippen molar-refractivity contribution >= 4 is 5.96 Å². The molecular weight excluding hydrogens is 312 g/mol. The van der Waals surface area contributed by atoms with Crippen LogP contribution >= 0.6 is 0 Å². The van der Waals surface area contributed by atoms with E-state index in [0.29, 0.717) is 5.92 Å². The first-order valence-electron chi connectivity index (χ1n) is 9.66. The highest BCUT2D eigenvalue weighted by Gasteiger charge is 2.35. The van der Waals surface area contributed by atoms with Gasteiger partial charge in [0.05, 0.1) is 5.60 Å². The zero-order valence-corrected chi connectivity index (χ0v) is 15.2. The molecule has 0 bridgehead atoms. The molecule has 2 unspecified atom stereocenters. The number of aliphatic hydroxyl groups is 1. The van der Waals surface area contributed by atoms with Crippen LogP contribution in [0, 0.1) is 11.3 Å². The Hall–Kier alpha value is -1.59. The summed E-state index contributed by atoms with van der Waals surface area (Å²) in [6.07, 6.45) is 6.54. The van der Waals surface area contributed by atoms with E-state index in [4.69, 9.17) is 11.1 Å². The zero-order valence-electron chi connectivity index (χ0n) is 15.2. The molecular formula is C20H32N4O. The van der Waals surface area contributed by atoms with Crippen molar-refractivity contribution in [2.45, 2.75) is 44.1 Å². The van der Waals surface area contributed by atoms with E-state index in [9.17, 15) is 5.11 Å². The number of nitrogens with two attached hydrogens (primary N) is 1. The molecule has 1 aromatic carbocycles. The predicted octanol–water partition coefficient (Wildman–Crippen LogP) is 2.36. The van der Waals surface area contributed by atoms with Crippen LogP contribution in [-0.2, 0) is 5.60 Å². The Kier molecular flexibility index (Phi) is 5.97. The van der Waals surface area contributed by atoms with Gasteiger partial charge in [0.25, 0.3) is 0 Å². The molecule has 5 heteroatoms. The first-order valence-corrected chi connectivity index (χ1v) is 9.66. The molecule has 5 nitrogen and oxygen atoms in total. The van der Waals surface area contributed by atoms with Crippen LogP contribution in [0.25, 0.3) is 0 Å². The van der Waals surface area contributed by atoms with Crippen LogP contribution in [0.1, 0.15) is 44.1 Å². The third kappa shape index (κ3) is 4.73. The molecule has 138 valence electrons. The largest absolute Gasteiger partial charge is 0.385 e. The molecule has 0 aromatic heterocycles. The van der Waals surface area contributed by atoms with Crippen LogP contribution in [0.3, 0.4) is 0 Å². The molecule has 0 radical (unpaired) electrons. The number of rotatable bonds is 5. The molecule has 1 aliphatic heterocycles. The summed E-state index contributed by atoms with van der Waals surface area (Å²) in [5.41, 5.74) is 6.01. The molecule has 1 heterocycles. The molecule has 4 N–H and O–H groups in total. The van der Waals surface area contributed by atoms with E-state index < -0.39 is 5.60 Å². The van der Waals surface area contributed by atoms with E-state index >= 15 is 0 Å². The lowest BCUT2D eigenvalue weighted by molar-refractivity contribution is -0.0232. The van der Waals surface area contributed by atoms with Gasteiger partial charge in [0.2, 0.25) is 0 Å². The molecule has 1 saturated carbocycles. The molecule has 1 saturated heterocycles. The summed E-state index contributed by atoms with van der Waals surface area (Å²) >= 11 is 0. The Bertz CT molecular complexity index is 556. The standard InChI is InChI=1S/C20H32N4O/c21-19(22)24-14-12-23(13-15-24)11-5-7-17-6-4-10-20(25,16-17)18-8-2-1-3-9-18/h1-3,8-9,17,25H,4-7,10-16H2,(H3,21,22). The van der Waals surface area contributed by atoms with E-state index in [0.717, 1.165) is 57.5 Å². The van der Waals surface area contributed by atoms with Gasteiger partial charge in [-0.15, -0.1) is 0 Å². The summed E-state index contributed by atoms with van der Waals surface area (Å²) in [7, 11) is 0. The minimum atomic E-state index is -0.628. The first kappa shape index (κ1) is 18.2. The lowest BCUT2D eigenvalue weighted by Crippen LogP contribution is -2.50. The van der Waals surface area contributed by atoms with Crippen molar-refractivity contribution in [2.75, 3.05) is 32.7 Å². The van der Waals surface area contributed by atoms with Gasteiger partial charge < -0.3 is 15.7 Å². The number of nitrogens with one attached hydrogen (secondary N) is 1. The molecule has 2 fully saturated rings. The van der Waals surface area contributed by atoms with Gasteiger partial charge in [-0.3, -0.25) is 10.3 Å². The fourth-order valence-corrected chi connectivity index (χ4v) is 4.44. The Morgan fingerprint density at radius 1 is 1.20 bits per heavy atom. The number of nitrogens with zero attached hydrogens (tertiary/aromatic N) is 2. The molecule has 0 spiro atoms. The van der Waals surface area contributed by atoms with Crippen molar-refractivity contribution < 1.29 is 5.11 Å². The lowest BCUT2D eigenvalue weighted by atomic mass is 9.73. The van der Waals surface area contributed by atoms with Crippen LogP contribution in [0.5, 0.6) is 0 Å². The topological polar surface area (TPSA) is 76.6 Å². The number of hydrogen-bond acceptors (Lipinski definition) is 3. The third-order valence-electron chi connectivity index (χ3n) is 5.94. The Labute approximate surface area is 151 Å². The van der Waals surface area contributed by atoms with Crippen molar-refractivity contribution in [1.29, 1.82) is 5.41 Å². The molecule has 2 atom stereocenters. The van der Waals surface area contributed by atoms with Gasteiger partial charge >= 0.3 is 0 Å². The zero-order chi connectivity index (χ0) is 17.7. The van der Waals surface area contributed by atoms with Crippen molar-refractivity contribution in [3.63, 3.8) is 0 Å². The van der Waals surface area contributed by atoms with E-state index in [1.165, 1.54) is 19.3 Å². The molecule has 0 amide bonds. The third-order valence-corrected chi connectivity index (χ3v) is 5.94. The summed E-state index contributed by atoms with van der Waals surface area (Å²) in [5.74, 6) is 0.819. The fraction of sp³-hybridized carbons (Fsp3) is 0.650. The van der Waals surface area contributed by atoms with E-state index in [-0.39, 0.29) is 5.96 Å². The normalized spacial score (nSPS) is 28.0. The highest BCUT2D eigenvalue weighted by Crippen LogP contribution is 2.41. The van der Waals surface area contributed by atoms with Crippen LogP contribution in [0.2, 0.25) is 0 Å². The number of piperazine rings is 1. The second-order valence-electron chi connectivity index (χ2n) is 7.72. The molecule has 1 aromatic rings. The van der Waals surface area contributed by atoms with E-state index in [1.807, 2.05) is 23.1 Å². The fourth-order valence-electron chi connectivity index (χ4n) is 4.44. The van der Waals surface area contributed by atoms with Crippen LogP contribution in [0.4, 0.5) is 0 Å². The number of hydrogen-bond donors (Lipinski definition) is 3. The predicted molar refractivity (Wildman–Crippen MR) is 101 cm³/mol. The van der Waals surface area contributed by atoms with Crippen LogP contribution in [0.15, 0.2) is 30.3 Å². The smallest absolute Gasteiger partial charge is 0.188 e. The summed E-state index contributed by atoms with van der Waals surface area (Å²) in [6.45, 7) is 4.85. The van der Waals surface area contributed by atoms with E-state index in [1.54, 1.807) is 0 Å². The Morgan fingerprint density at radius 3 is 2.60 bits per heavy atom. The maximum absolute atomic E-state index is 11.1. The lowest BCUT2D eigenvalue weighted by Gasteiger charge is -2.38. The highest BCUT2D eigenvalue weighted by molar-refractivity contribution is 5.74. The molecule has 25 heavy (non-hydrogen) atoms. The second kappa shape index (κ2) is 8.19. The van der Waals surface area contributed by atoms with Gasteiger partial charge in [-0.2, -0.15) is 0 Å². The molecule has 2 aliphatic rings. The van der Waals surface area contributed by atoms with Gasteiger partial charge in [0.1, 0.15) is 0 Å². The summed E-state index contributed by atoms with van der Waals surface area (Å²) in [4.78, 5) is 4.42. The second-order valence-corrected chi connectivity index (χ2v) is 7.72. The monoisotopic (exact) mass is 344 g/mol. The van der Waals surface area contributed by atoms with Crippen molar-refractivity contribution in [3.05, 3.63) is 35.9 Å². The average molecular weight is 345 g/mol. The quantitative estimate of drug-likeness (QED) is 0.566. The summed E-state index contributed by atoms with van der Waals surface area (Å²) in [6, 6.07) is 10.2. The van der Waals surface area contributed by atoms with Gasteiger partial charge in [-0.05, 0) is 50.1 Å². The Balaban J connectivity index is 1.42. The minimum Gasteiger partial charge on any atom is -0.385 e. The summed E-state index contributed by atoms with van der Waals surface area (Å²) in [5, 5.41) is 18.6. The van der Waals surface area contributed by atoms with Gasteiger partial charge in [-0.25, -0.2) is 0 Å². The van der Waals surface area contributed by atoms with Gasteiger partial charge in [-0.1, -0.05) is 36.8 Å². The van der Waals surface area contributed by atoms with Gasteiger partial charge in [0, 0.05) is 26.2 Å².